The van der Waals surface area contributed by atoms with Crippen LogP contribution in [-0.4, -0.2) is 21.4 Å². The summed E-state index contributed by atoms with van der Waals surface area (Å²) in [6.07, 6.45) is 1.50. The SMILES string of the molecule is COc1ccc(C=C(C#N)C(=O)Nc2ccc(S(N)(=O)=O)cc2)c2ccccc12. The molecule has 0 fully saturated rings. The van der Waals surface area contributed by atoms with E-state index in [-0.39, 0.29) is 10.5 Å². The predicted octanol–water partition coefficient (Wildman–Crippen LogP) is 3.04. The number of carbonyl (C=O) groups is 1. The van der Waals surface area contributed by atoms with Crippen molar-refractivity contribution in [3.05, 3.63) is 71.8 Å². The molecule has 0 spiro atoms. The van der Waals surface area contributed by atoms with E-state index >= 15 is 0 Å². The largest absolute Gasteiger partial charge is 0.496 e. The smallest absolute Gasteiger partial charge is 0.266 e. The fourth-order valence-corrected chi connectivity index (χ4v) is 3.34. The molecule has 0 bridgehead atoms. The first kappa shape index (κ1) is 20.1. The van der Waals surface area contributed by atoms with Crippen LogP contribution in [-0.2, 0) is 14.8 Å². The van der Waals surface area contributed by atoms with Gasteiger partial charge in [-0.1, -0.05) is 30.3 Å². The van der Waals surface area contributed by atoms with Crippen LogP contribution < -0.4 is 15.2 Å². The zero-order chi connectivity index (χ0) is 21.0. The van der Waals surface area contributed by atoms with Crippen molar-refractivity contribution in [3.8, 4) is 11.8 Å². The Morgan fingerprint density at radius 2 is 1.72 bits per heavy atom. The topological polar surface area (TPSA) is 122 Å². The molecule has 0 aromatic heterocycles. The van der Waals surface area contributed by atoms with Crippen LogP contribution in [0.15, 0.2) is 71.1 Å². The second-order valence-corrected chi connectivity index (χ2v) is 7.66. The Hall–Kier alpha value is -3.67. The van der Waals surface area contributed by atoms with Crippen LogP contribution in [0.2, 0.25) is 0 Å². The van der Waals surface area contributed by atoms with Gasteiger partial charge in [0.15, 0.2) is 0 Å². The molecule has 0 radical (unpaired) electrons. The van der Waals surface area contributed by atoms with Crippen LogP contribution in [0.4, 0.5) is 5.69 Å². The number of nitrogens with one attached hydrogen (secondary N) is 1. The third-order valence-corrected chi connectivity index (χ3v) is 5.17. The molecule has 0 atom stereocenters. The highest BCUT2D eigenvalue weighted by atomic mass is 32.2. The Morgan fingerprint density at radius 3 is 2.31 bits per heavy atom. The molecule has 0 aliphatic carbocycles. The molecule has 7 nitrogen and oxygen atoms in total. The van der Waals surface area contributed by atoms with Crippen LogP contribution in [0.25, 0.3) is 16.8 Å². The van der Waals surface area contributed by atoms with Gasteiger partial charge in [0.05, 0.1) is 12.0 Å². The second kappa shape index (κ2) is 8.14. The van der Waals surface area contributed by atoms with Gasteiger partial charge in [0, 0.05) is 11.1 Å². The van der Waals surface area contributed by atoms with E-state index in [1.54, 1.807) is 19.2 Å². The number of ether oxygens (including phenoxy) is 1. The maximum Gasteiger partial charge on any atom is 0.266 e. The molecule has 0 unspecified atom stereocenters. The molecule has 0 aliphatic rings. The van der Waals surface area contributed by atoms with Gasteiger partial charge in [-0.25, -0.2) is 13.6 Å². The lowest BCUT2D eigenvalue weighted by Crippen LogP contribution is -2.14. The number of nitrogens with zero attached hydrogens (tertiary/aromatic N) is 1. The molecule has 0 aliphatic heterocycles. The minimum absolute atomic E-state index is 0.0729. The van der Waals surface area contributed by atoms with Gasteiger partial charge in [-0.05, 0) is 47.4 Å². The number of methoxy groups -OCH3 is 1. The number of primary sulfonamides is 1. The number of rotatable bonds is 5. The highest BCUT2D eigenvalue weighted by Gasteiger charge is 2.13. The fourth-order valence-electron chi connectivity index (χ4n) is 2.83. The molecule has 0 saturated heterocycles. The van der Waals surface area contributed by atoms with Crippen molar-refractivity contribution in [2.24, 2.45) is 5.14 Å². The first-order chi connectivity index (χ1) is 13.8. The molecule has 3 rings (SSSR count). The van der Waals surface area contributed by atoms with Crippen LogP contribution in [0.5, 0.6) is 5.75 Å². The van der Waals surface area contributed by atoms with Gasteiger partial charge in [0.2, 0.25) is 10.0 Å². The van der Waals surface area contributed by atoms with Gasteiger partial charge in [-0.3, -0.25) is 4.79 Å². The van der Waals surface area contributed by atoms with E-state index in [9.17, 15) is 18.5 Å². The fraction of sp³-hybridized carbons (Fsp3) is 0.0476. The molecule has 3 aromatic carbocycles. The molecule has 29 heavy (non-hydrogen) atoms. The number of hydrogen-bond acceptors (Lipinski definition) is 5. The third kappa shape index (κ3) is 4.43. The van der Waals surface area contributed by atoms with E-state index in [2.05, 4.69) is 5.32 Å². The number of carbonyl (C=O) groups excluding carboxylic acids is 1. The third-order valence-electron chi connectivity index (χ3n) is 4.24. The standard InChI is InChI=1S/C21H17N3O4S/c1-28-20-11-6-14(18-4-2-3-5-19(18)20)12-15(13-22)21(25)24-16-7-9-17(10-8-16)29(23,26)27/h2-12H,1H3,(H,24,25)(H2,23,26,27). The monoisotopic (exact) mass is 407 g/mol. The molecule has 0 saturated carbocycles. The number of benzene rings is 3. The number of nitrogens with two attached hydrogens (primary N) is 1. The van der Waals surface area contributed by atoms with Crippen molar-refractivity contribution in [1.29, 1.82) is 5.26 Å². The Kier molecular flexibility index (Phi) is 5.64. The highest BCUT2D eigenvalue weighted by Crippen LogP contribution is 2.29. The van der Waals surface area contributed by atoms with Gasteiger partial charge in [-0.15, -0.1) is 0 Å². The zero-order valence-electron chi connectivity index (χ0n) is 15.4. The lowest BCUT2D eigenvalue weighted by Gasteiger charge is -2.09. The van der Waals surface area contributed by atoms with Crippen LogP contribution in [0, 0.1) is 11.3 Å². The van der Waals surface area contributed by atoms with E-state index < -0.39 is 15.9 Å². The van der Waals surface area contributed by atoms with Gasteiger partial charge in [0.25, 0.3) is 5.91 Å². The van der Waals surface area contributed by atoms with Crippen LogP contribution in [0.1, 0.15) is 5.56 Å². The summed E-state index contributed by atoms with van der Waals surface area (Å²) < 4.78 is 28.0. The molecule has 1 amide bonds. The van der Waals surface area contributed by atoms with Crippen molar-refractivity contribution in [2.75, 3.05) is 12.4 Å². The maximum absolute atomic E-state index is 12.5. The van der Waals surface area contributed by atoms with E-state index in [1.165, 1.54) is 30.3 Å². The zero-order valence-corrected chi connectivity index (χ0v) is 16.2. The van der Waals surface area contributed by atoms with E-state index in [0.717, 1.165) is 10.8 Å². The van der Waals surface area contributed by atoms with Crippen molar-refractivity contribution in [2.45, 2.75) is 4.90 Å². The number of hydrogen-bond donors (Lipinski definition) is 2. The van der Waals surface area contributed by atoms with Gasteiger partial charge in [0.1, 0.15) is 17.4 Å². The first-order valence-electron chi connectivity index (χ1n) is 8.45. The van der Waals surface area contributed by atoms with E-state index in [1.807, 2.05) is 30.3 Å². The Balaban J connectivity index is 1.92. The average Bonchev–Trinajstić information content (AvgIpc) is 2.71. The molecular formula is C21H17N3O4S. The maximum atomic E-state index is 12.5. The lowest BCUT2D eigenvalue weighted by molar-refractivity contribution is -0.112. The summed E-state index contributed by atoms with van der Waals surface area (Å²) in [5, 5.41) is 18.8. The van der Waals surface area contributed by atoms with Gasteiger partial charge < -0.3 is 10.1 Å². The number of sulfonamides is 1. The van der Waals surface area contributed by atoms with Gasteiger partial charge >= 0.3 is 0 Å². The van der Waals surface area contributed by atoms with E-state index in [4.69, 9.17) is 9.88 Å². The summed E-state index contributed by atoms with van der Waals surface area (Å²) in [6, 6.07) is 18.3. The minimum Gasteiger partial charge on any atom is -0.496 e. The number of fused-ring (bicyclic) bond motifs is 1. The average molecular weight is 407 g/mol. The Bertz CT molecular complexity index is 1260. The molecule has 8 heteroatoms. The lowest BCUT2D eigenvalue weighted by atomic mass is 10.0. The van der Waals surface area contributed by atoms with Crippen molar-refractivity contribution < 1.29 is 17.9 Å². The summed E-state index contributed by atoms with van der Waals surface area (Å²) in [6.45, 7) is 0. The first-order valence-corrected chi connectivity index (χ1v) is 10.00. The minimum atomic E-state index is -3.82. The summed E-state index contributed by atoms with van der Waals surface area (Å²) in [4.78, 5) is 12.4. The quantitative estimate of drug-likeness (QED) is 0.497. The molecule has 0 heterocycles. The Labute approximate surface area is 168 Å². The summed E-state index contributed by atoms with van der Waals surface area (Å²) >= 11 is 0. The highest BCUT2D eigenvalue weighted by molar-refractivity contribution is 7.89. The van der Waals surface area contributed by atoms with E-state index in [0.29, 0.717) is 17.0 Å². The molecule has 3 N–H and O–H groups in total. The number of nitriles is 1. The van der Waals surface area contributed by atoms with Crippen LogP contribution >= 0.6 is 0 Å². The van der Waals surface area contributed by atoms with Crippen LogP contribution in [0.3, 0.4) is 0 Å². The normalized spacial score (nSPS) is 11.7. The second-order valence-electron chi connectivity index (χ2n) is 6.10. The Morgan fingerprint density at radius 1 is 1.07 bits per heavy atom. The summed E-state index contributed by atoms with van der Waals surface area (Å²) in [7, 11) is -2.25. The predicted molar refractivity (Wildman–Crippen MR) is 111 cm³/mol. The van der Waals surface area contributed by atoms with Gasteiger partial charge in [-0.2, -0.15) is 5.26 Å². The van der Waals surface area contributed by atoms with Crippen molar-refractivity contribution in [1.82, 2.24) is 0 Å². The molecule has 146 valence electrons. The van der Waals surface area contributed by atoms with Crippen molar-refractivity contribution in [3.63, 3.8) is 0 Å². The summed E-state index contributed by atoms with van der Waals surface area (Å²) in [5.41, 5.74) is 0.927. The van der Waals surface area contributed by atoms with Crippen molar-refractivity contribution >= 4 is 38.5 Å². The molecule has 3 aromatic rings. The molecular weight excluding hydrogens is 390 g/mol. The summed E-state index contributed by atoms with van der Waals surface area (Å²) in [5.74, 6) is 0.0754. The number of anilines is 1. The number of amides is 1.